The average Bonchev–Trinajstić information content (AvgIpc) is 3.04. The van der Waals surface area contributed by atoms with Gasteiger partial charge in [0.15, 0.2) is 11.5 Å². The lowest BCUT2D eigenvalue weighted by Crippen LogP contribution is -2.11. The molecule has 1 aliphatic heterocycles. The van der Waals surface area contributed by atoms with Crippen molar-refractivity contribution in [1.82, 2.24) is 9.97 Å². The molecule has 0 saturated heterocycles. The summed E-state index contributed by atoms with van der Waals surface area (Å²) < 4.78 is 5.30. The molecular weight excluding hydrogens is 326 g/mol. The minimum absolute atomic E-state index is 0.0927. The Morgan fingerprint density at radius 2 is 1.96 bits per heavy atom. The van der Waals surface area contributed by atoms with E-state index in [0.29, 0.717) is 5.75 Å². The van der Waals surface area contributed by atoms with Crippen molar-refractivity contribution < 1.29 is 9.84 Å². The summed E-state index contributed by atoms with van der Waals surface area (Å²) in [6, 6.07) is 15.7. The minimum atomic E-state index is -0.0927. The van der Waals surface area contributed by atoms with Crippen LogP contribution in [0.4, 0.5) is 5.69 Å². The summed E-state index contributed by atoms with van der Waals surface area (Å²) in [7, 11) is 1.56. The second-order valence-electron chi connectivity index (χ2n) is 6.38. The number of hydrogen-bond donors (Lipinski definition) is 3. The van der Waals surface area contributed by atoms with Crippen LogP contribution in [0.5, 0.6) is 11.5 Å². The fourth-order valence-electron chi connectivity index (χ4n) is 3.75. The van der Waals surface area contributed by atoms with E-state index in [4.69, 9.17) is 4.74 Å². The summed E-state index contributed by atoms with van der Waals surface area (Å²) >= 11 is 0. The molecule has 1 aliphatic rings. The Bertz CT molecular complexity index is 1130. The number of fused-ring (bicyclic) bond motifs is 2. The molecule has 0 radical (unpaired) electrons. The first kappa shape index (κ1) is 14.8. The molecule has 0 saturated carbocycles. The maximum Gasteiger partial charge on any atom is 0.160 e. The summed E-state index contributed by atoms with van der Waals surface area (Å²) in [5, 5.41) is 14.7. The topological polar surface area (TPSA) is 70.2 Å². The standard InChI is InChI=1S/C21H17N3O2/c1-26-18-10-12(6-7-17(18)25)20-15-11-23-21-19(15)14(8-9-22-21)13-4-2-3-5-16(13)24-20/h2-11,20,24-25H,1H3,(H,22,23). The first-order valence-electron chi connectivity index (χ1n) is 8.45. The third-order valence-corrected chi connectivity index (χ3v) is 4.97. The van der Waals surface area contributed by atoms with Crippen LogP contribution in [0.25, 0.3) is 22.2 Å². The summed E-state index contributed by atoms with van der Waals surface area (Å²) in [5.74, 6) is 0.589. The number of ether oxygens (including phenoxy) is 1. The first-order valence-corrected chi connectivity index (χ1v) is 8.45. The van der Waals surface area contributed by atoms with Crippen molar-refractivity contribution in [2.24, 2.45) is 0 Å². The zero-order chi connectivity index (χ0) is 17.7. The quantitative estimate of drug-likeness (QED) is 0.503. The van der Waals surface area contributed by atoms with E-state index in [2.05, 4.69) is 33.5 Å². The zero-order valence-electron chi connectivity index (χ0n) is 14.2. The number of rotatable bonds is 2. The van der Waals surface area contributed by atoms with Gasteiger partial charge in [-0.2, -0.15) is 0 Å². The van der Waals surface area contributed by atoms with Crippen molar-refractivity contribution in [3.05, 3.63) is 72.1 Å². The van der Waals surface area contributed by atoms with E-state index in [1.807, 2.05) is 36.7 Å². The van der Waals surface area contributed by atoms with Crippen molar-refractivity contribution in [3.8, 4) is 22.6 Å². The number of phenols is 1. The summed E-state index contributed by atoms with van der Waals surface area (Å²) in [6.45, 7) is 0. The molecule has 0 fully saturated rings. The molecule has 1 unspecified atom stereocenters. The van der Waals surface area contributed by atoms with E-state index in [9.17, 15) is 5.11 Å². The third-order valence-electron chi connectivity index (χ3n) is 4.97. The number of aromatic amines is 1. The molecule has 0 bridgehead atoms. The lowest BCUT2D eigenvalue weighted by Gasteiger charge is -2.20. The summed E-state index contributed by atoms with van der Waals surface area (Å²) in [6.07, 6.45) is 3.84. The number of aromatic nitrogens is 2. The molecule has 3 heterocycles. The summed E-state index contributed by atoms with van der Waals surface area (Å²) in [4.78, 5) is 7.77. The predicted molar refractivity (Wildman–Crippen MR) is 102 cm³/mol. The molecule has 4 aromatic rings. The number of para-hydroxylation sites is 1. The molecule has 3 N–H and O–H groups in total. The molecular formula is C21H17N3O2. The SMILES string of the molecule is COc1cc(C2Nc3ccccc3-c3ccnc4[nH]cc2c34)ccc1O. The molecule has 26 heavy (non-hydrogen) atoms. The number of aromatic hydroxyl groups is 1. The van der Waals surface area contributed by atoms with E-state index >= 15 is 0 Å². The Hall–Kier alpha value is -3.47. The van der Waals surface area contributed by atoms with E-state index in [1.165, 1.54) is 0 Å². The van der Waals surface area contributed by atoms with Crippen LogP contribution in [0.1, 0.15) is 17.2 Å². The highest BCUT2D eigenvalue weighted by molar-refractivity contribution is 6.01. The van der Waals surface area contributed by atoms with Gasteiger partial charge in [0.1, 0.15) is 5.65 Å². The first-order chi connectivity index (χ1) is 12.8. The number of nitrogens with zero attached hydrogens (tertiary/aromatic N) is 1. The fourth-order valence-corrected chi connectivity index (χ4v) is 3.75. The third kappa shape index (κ3) is 2.07. The van der Waals surface area contributed by atoms with Crippen LogP contribution in [0.3, 0.4) is 0 Å². The molecule has 0 aliphatic carbocycles. The van der Waals surface area contributed by atoms with E-state index in [-0.39, 0.29) is 11.8 Å². The van der Waals surface area contributed by atoms with Crippen LogP contribution in [0.15, 0.2) is 60.9 Å². The van der Waals surface area contributed by atoms with Gasteiger partial charge in [0.25, 0.3) is 0 Å². The minimum Gasteiger partial charge on any atom is -0.504 e. The van der Waals surface area contributed by atoms with Crippen molar-refractivity contribution in [1.29, 1.82) is 0 Å². The molecule has 2 aromatic heterocycles. The van der Waals surface area contributed by atoms with Gasteiger partial charge in [0.05, 0.1) is 13.2 Å². The van der Waals surface area contributed by atoms with Crippen LogP contribution < -0.4 is 10.1 Å². The number of methoxy groups -OCH3 is 1. The highest BCUT2D eigenvalue weighted by Gasteiger charge is 2.26. The number of nitrogens with one attached hydrogen (secondary N) is 2. The molecule has 5 heteroatoms. The fraction of sp³-hybridized carbons (Fsp3) is 0.0952. The van der Waals surface area contributed by atoms with Crippen LogP contribution in [0, 0.1) is 0 Å². The van der Waals surface area contributed by atoms with Crippen molar-refractivity contribution in [2.75, 3.05) is 12.4 Å². The largest absolute Gasteiger partial charge is 0.504 e. The molecule has 128 valence electrons. The number of phenolic OH excluding ortho intramolecular Hbond substituents is 1. The Labute approximate surface area is 150 Å². The zero-order valence-corrected chi connectivity index (χ0v) is 14.2. The Morgan fingerprint density at radius 3 is 2.85 bits per heavy atom. The summed E-state index contributed by atoms with van der Waals surface area (Å²) in [5.41, 5.74) is 6.36. The smallest absolute Gasteiger partial charge is 0.160 e. The second-order valence-corrected chi connectivity index (χ2v) is 6.38. The number of H-pyrrole nitrogens is 1. The number of benzene rings is 2. The van der Waals surface area contributed by atoms with E-state index in [1.54, 1.807) is 13.2 Å². The van der Waals surface area contributed by atoms with Gasteiger partial charge in [-0.05, 0) is 35.4 Å². The molecule has 2 aromatic carbocycles. The van der Waals surface area contributed by atoms with E-state index in [0.717, 1.165) is 39.0 Å². The van der Waals surface area contributed by atoms with Crippen LogP contribution >= 0.6 is 0 Å². The van der Waals surface area contributed by atoms with Crippen LogP contribution in [-0.4, -0.2) is 22.2 Å². The average molecular weight is 343 g/mol. The van der Waals surface area contributed by atoms with Gasteiger partial charge in [0, 0.05) is 34.6 Å². The highest BCUT2D eigenvalue weighted by atomic mass is 16.5. The monoisotopic (exact) mass is 343 g/mol. The number of anilines is 1. The Balaban J connectivity index is 1.80. The maximum atomic E-state index is 9.96. The van der Waals surface area contributed by atoms with Gasteiger partial charge in [-0.3, -0.25) is 0 Å². The molecule has 1 atom stereocenters. The Morgan fingerprint density at radius 1 is 1.08 bits per heavy atom. The van der Waals surface area contributed by atoms with Crippen LogP contribution in [-0.2, 0) is 0 Å². The van der Waals surface area contributed by atoms with Crippen LogP contribution in [0.2, 0.25) is 0 Å². The van der Waals surface area contributed by atoms with Gasteiger partial charge in [-0.25, -0.2) is 4.98 Å². The highest BCUT2D eigenvalue weighted by Crippen LogP contribution is 2.44. The molecule has 0 spiro atoms. The van der Waals surface area contributed by atoms with Crippen molar-refractivity contribution in [3.63, 3.8) is 0 Å². The molecule has 5 nitrogen and oxygen atoms in total. The van der Waals surface area contributed by atoms with Gasteiger partial charge in [-0.1, -0.05) is 24.3 Å². The van der Waals surface area contributed by atoms with Gasteiger partial charge in [0.2, 0.25) is 0 Å². The molecule has 0 amide bonds. The number of hydrogen-bond acceptors (Lipinski definition) is 4. The predicted octanol–water partition coefficient (Wildman–Crippen LogP) is 4.46. The van der Waals surface area contributed by atoms with Gasteiger partial charge >= 0.3 is 0 Å². The normalized spacial score (nSPS) is 15.2. The number of pyridine rings is 1. The Kier molecular flexibility index (Phi) is 3.15. The van der Waals surface area contributed by atoms with Crippen molar-refractivity contribution in [2.45, 2.75) is 6.04 Å². The lowest BCUT2D eigenvalue weighted by molar-refractivity contribution is 0.373. The van der Waals surface area contributed by atoms with Crippen molar-refractivity contribution >= 4 is 16.7 Å². The lowest BCUT2D eigenvalue weighted by atomic mass is 9.97. The second kappa shape index (κ2) is 5.52. The van der Waals surface area contributed by atoms with E-state index < -0.39 is 0 Å². The van der Waals surface area contributed by atoms with Gasteiger partial charge in [-0.15, -0.1) is 0 Å². The maximum absolute atomic E-state index is 9.96. The van der Waals surface area contributed by atoms with Gasteiger partial charge < -0.3 is 20.1 Å². The molecule has 5 rings (SSSR count).